The summed E-state index contributed by atoms with van der Waals surface area (Å²) in [5, 5.41) is 5.88. The van der Waals surface area contributed by atoms with Crippen molar-refractivity contribution in [2.75, 3.05) is 32.8 Å². The van der Waals surface area contributed by atoms with E-state index in [1.54, 1.807) is 0 Å². The molecule has 0 bridgehead atoms. The lowest BCUT2D eigenvalue weighted by Crippen LogP contribution is -2.38. The maximum atomic E-state index is 12.4. The van der Waals surface area contributed by atoms with Crippen LogP contribution in [0.4, 0.5) is 11.6 Å². The van der Waals surface area contributed by atoms with Gasteiger partial charge in [-0.2, -0.15) is 9.29 Å². The third-order valence-electron chi connectivity index (χ3n) is 6.04. The molecule has 1 heterocycles. The molecule has 1 amide bonds. The lowest BCUT2D eigenvalue weighted by Gasteiger charge is -2.28. The van der Waals surface area contributed by atoms with Crippen molar-refractivity contribution in [1.82, 2.24) is 19.6 Å². The summed E-state index contributed by atoms with van der Waals surface area (Å²) in [4.78, 5) is 20.7. The minimum absolute atomic E-state index is 0.0796. The van der Waals surface area contributed by atoms with Crippen molar-refractivity contribution in [1.29, 1.82) is 0 Å². The Morgan fingerprint density at radius 1 is 1.19 bits per heavy atom. The fourth-order valence-electron chi connectivity index (χ4n) is 4.17. The molecule has 0 spiro atoms. The van der Waals surface area contributed by atoms with Crippen molar-refractivity contribution >= 4 is 50.8 Å². The second kappa shape index (κ2) is 10.7. The van der Waals surface area contributed by atoms with Gasteiger partial charge in [0.15, 0.2) is 0 Å². The average molecular weight is 566 g/mol. The van der Waals surface area contributed by atoms with Gasteiger partial charge in [-0.1, -0.05) is 47.5 Å². The fourth-order valence-corrected chi connectivity index (χ4v) is 5.21. The highest BCUT2D eigenvalue weighted by molar-refractivity contribution is 7.88. The van der Waals surface area contributed by atoms with Crippen molar-refractivity contribution in [2.24, 2.45) is 0 Å². The van der Waals surface area contributed by atoms with E-state index in [9.17, 15) is 13.2 Å². The van der Waals surface area contributed by atoms with Crippen LogP contribution >= 0.6 is 23.2 Å². The number of amides is 1. The first kappa shape index (κ1) is 26.9. The predicted molar refractivity (Wildman–Crippen MR) is 142 cm³/mol. The van der Waals surface area contributed by atoms with Crippen molar-refractivity contribution in [3.8, 4) is 11.6 Å². The molecule has 0 radical (unpaired) electrons. The van der Waals surface area contributed by atoms with Crippen LogP contribution < -0.4 is 20.1 Å². The Labute approximate surface area is 225 Å². The van der Waals surface area contributed by atoms with E-state index < -0.39 is 22.2 Å². The summed E-state index contributed by atoms with van der Waals surface area (Å²) in [6.07, 6.45) is 2.41. The Morgan fingerprint density at radius 3 is 2.59 bits per heavy atom. The minimum Gasteiger partial charge on any atom is -0.495 e. The van der Waals surface area contributed by atoms with Gasteiger partial charge in [0.25, 0.3) is 5.91 Å². The molecule has 4 rings (SSSR count). The number of hydrogen-bond donors (Lipinski definition) is 2. The molecular weight excluding hydrogens is 541 g/mol. The first-order valence-electron chi connectivity index (χ1n) is 11.1. The van der Waals surface area contributed by atoms with E-state index in [1.165, 1.54) is 43.8 Å². The van der Waals surface area contributed by atoms with E-state index in [0.717, 1.165) is 17.4 Å². The SMILES string of the molecule is CNC(=O)c1cc(OC)c(Nc2ncc(Cl)c(O[C@@H]3Cc4ccccc4[C@H]3N(C)S(C)(=O)=O)n2)cc1Cl. The zero-order valence-corrected chi connectivity index (χ0v) is 22.8. The van der Waals surface area contributed by atoms with Crippen LogP contribution in [0.5, 0.6) is 11.6 Å². The largest absolute Gasteiger partial charge is 0.495 e. The third kappa shape index (κ3) is 5.59. The van der Waals surface area contributed by atoms with E-state index in [4.69, 9.17) is 32.7 Å². The van der Waals surface area contributed by atoms with Gasteiger partial charge in [0.05, 0.1) is 41.9 Å². The van der Waals surface area contributed by atoms with E-state index in [1.807, 2.05) is 24.3 Å². The van der Waals surface area contributed by atoms with Crippen LogP contribution in [0, 0.1) is 0 Å². The molecule has 1 aliphatic carbocycles. The highest BCUT2D eigenvalue weighted by Gasteiger charge is 2.40. The second-order valence-electron chi connectivity index (χ2n) is 8.37. The number of carbonyl (C=O) groups excluding carboxylic acids is 1. The number of likely N-dealkylation sites (N-methyl/N-ethyl adjacent to an activating group) is 1. The van der Waals surface area contributed by atoms with Crippen LogP contribution in [-0.2, 0) is 16.4 Å². The van der Waals surface area contributed by atoms with Crippen LogP contribution in [0.2, 0.25) is 10.0 Å². The molecule has 2 atom stereocenters. The Bertz CT molecular complexity index is 1450. The first-order chi connectivity index (χ1) is 17.5. The fraction of sp³-hybridized carbons (Fsp3) is 0.292. The van der Waals surface area contributed by atoms with Crippen molar-refractivity contribution in [2.45, 2.75) is 18.6 Å². The van der Waals surface area contributed by atoms with Crippen LogP contribution in [0.1, 0.15) is 27.5 Å². The molecule has 10 nitrogen and oxygen atoms in total. The number of fused-ring (bicyclic) bond motifs is 1. The van der Waals surface area contributed by atoms with Gasteiger partial charge in [0.2, 0.25) is 21.9 Å². The summed E-state index contributed by atoms with van der Waals surface area (Å²) in [6, 6.07) is 10.0. The number of aromatic nitrogens is 2. The average Bonchev–Trinajstić information content (AvgIpc) is 3.22. The highest BCUT2D eigenvalue weighted by atomic mass is 35.5. The van der Waals surface area contributed by atoms with E-state index in [-0.39, 0.29) is 33.3 Å². The first-order valence-corrected chi connectivity index (χ1v) is 13.7. The smallest absolute Gasteiger partial charge is 0.252 e. The molecule has 2 N–H and O–H groups in total. The summed E-state index contributed by atoms with van der Waals surface area (Å²) < 4.78 is 37.7. The molecule has 37 heavy (non-hydrogen) atoms. The number of carbonyl (C=O) groups is 1. The minimum atomic E-state index is -3.52. The van der Waals surface area contributed by atoms with Gasteiger partial charge < -0.3 is 20.1 Å². The standard InChI is InChI=1S/C24H25Cl2N5O5S/c1-27-22(32)15-10-19(35-3)18(11-16(15)25)29-24-28-12-17(26)23(30-24)36-20-9-13-7-5-6-8-14(13)21(20)31(2)37(4,33)34/h5-8,10-12,20-21H,9H2,1-4H3,(H,27,32)(H,28,29,30)/t20-,21-/m1/s1. The Morgan fingerprint density at radius 2 is 1.92 bits per heavy atom. The van der Waals surface area contributed by atoms with E-state index in [0.29, 0.717) is 17.9 Å². The predicted octanol–water partition coefficient (Wildman–Crippen LogP) is 3.83. The summed E-state index contributed by atoms with van der Waals surface area (Å²) in [6.45, 7) is 0. The van der Waals surface area contributed by atoms with Crippen LogP contribution in [0.15, 0.2) is 42.6 Å². The number of benzene rings is 2. The van der Waals surface area contributed by atoms with Gasteiger partial charge >= 0.3 is 0 Å². The third-order valence-corrected chi connectivity index (χ3v) is 7.89. The summed E-state index contributed by atoms with van der Waals surface area (Å²) >= 11 is 12.7. The maximum absolute atomic E-state index is 12.4. The lowest BCUT2D eigenvalue weighted by molar-refractivity contribution is 0.0963. The topological polar surface area (TPSA) is 123 Å². The normalized spacial score (nSPS) is 16.8. The molecule has 0 fully saturated rings. The van der Waals surface area contributed by atoms with Gasteiger partial charge in [0, 0.05) is 20.5 Å². The Hall–Kier alpha value is -3.12. The number of ether oxygens (including phenoxy) is 2. The summed E-state index contributed by atoms with van der Waals surface area (Å²) in [7, 11) is 0.958. The van der Waals surface area contributed by atoms with E-state index in [2.05, 4.69) is 20.6 Å². The Balaban J connectivity index is 1.64. The van der Waals surface area contributed by atoms with Gasteiger partial charge in [-0.25, -0.2) is 13.4 Å². The van der Waals surface area contributed by atoms with Gasteiger partial charge in [-0.15, -0.1) is 0 Å². The number of nitrogens with zero attached hydrogens (tertiary/aromatic N) is 3. The number of methoxy groups -OCH3 is 1. The number of rotatable bonds is 8. The molecule has 13 heteroatoms. The van der Waals surface area contributed by atoms with Crippen molar-refractivity contribution < 1.29 is 22.7 Å². The molecule has 1 aliphatic rings. The maximum Gasteiger partial charge on any atom is 0.252 e. The highest BCUT2D eigenvalue weighted by Crippen LogP contribution is 2.40. The van der Waals surface area contributed by atoms with Crippen molar-refractivity contribution in [3.63, 3.8) is 0 Å². The summed E-state index contributed by atoms with van der Waals surface area (Å²) in [5.74, 6) is 0.186. The number of hydrogen-bond acceptors (Lipinski definition) is 8. The molecule has 3 aromatic rings. The number of nitrogens with one attached hydrogen (secondary N) is 2. The zero-order valence-electron chi connectivity index (χ0n) is 20.5. The lowest BCUT2D eigenvalue weighted by atomic mass is 10.1. The summed E-state index contributed by atoms with van der Waals surface area (Å²) in [5.41, 5.74) is 2.50. The molecule has 0 saturated heterocycles. The van der Waals surface area contributed by atoms with Crippen LogP contribution in [-0.4, -0.2) is 62.2 Å². The van der Waals surface area contributed by atoms with Crippen molar-refractivity contribution in [3.05, 3.63) is 69.3 Å². The van der Waals surface area contributed by atoms with Gasteiger partial charge in [-0.3, -0.25) is 4.79 Å². The molecule has 1 aromatic heterocycles. The number of halogens is 2. The molecule has 196 valence electrons. The number of sulfonamides is 1. The molecular formula is C24H25Cl2N5O5S. The quantitative estimate of drug-likeness (QED) is 0.422. The second-order valence-corrected chi connectivity index (χ2v) is 11.2. The Kier molecular flexibility index (Phi) is 7.79. The number of anilines is 2. The van der Waals surface area contributed by atoms with Crippen LogP contribution in [0.25, 0.3) is 0 Å². The zero-order chi connectivity index (χ0) is 26.9. The van der Waals surface area contributed by atoms with Gasteiger partial charge in [-0.05, 0) is 23.3 Å². The monoisotopic (exact) mass is 565 g/mol. The van der Waals surface area contributed by atoms with Crippen LogP contribution in [0.3, 0.4) is 0 Å². The molecule has 2 aromatic carbocycles. The van der Waals surface area contributed by atoms with Gasteiger partial charge in [0.1, 0.15) is 16.9 Å². The molecule has 0 aliphatic heterocycles. The molecule has 0 unspecified atom stereocenters. The van der Waals surface area contributed by atoms with E-state index >= 15 is 0 Å². The molecule has 0 saturated carbocycles.